The molecule has 0 bridgehead atoms. The molecule has 1 heterocycles. The average molecular weight is 273 g/mol. The first-order valence-corrected chi connectivity index (χ1v) is 7.04. The van der Waals surface area contributed by atoms with E-state index in [0.29, 0.717) is 6.54 Å². The first-order chi connectivity index (χ1) is 9.70. The number of benzene rings is 1. The highest BCUT2D eigenvalue weighted by molar-refractivity contribution is 5.67. The molecule has 0 radical (unpaired) electrons. The van der Waals surface area contributed by atoms with Crippen LogP contribution in [0.25, 0.3) is 11.1 Å². The van der Waals surface area contributed by atoms with Crippen molar-refractivity contribution in [2.75, 3.05) is 13.1 Å². The molecule has 0 saturated carbocycles. The van der Waals surface area contributed by atoms with E-state index in [9.17, 15) is 0 Å². The van der Waals surface area contributed by atoms with Gasteiger partial charge in [-0.2, -0.15) is 0 Å². The van der Waals surface area contributed by atoms with E-state index in [0.717, 1.165) is 18.8 Å². The molecule has 0 atom stereocenters. The predicted octanol–water partition coefficient (Wildman–Crippen LogP) is 2.52. The number of aromatic nitrogens is 1. The second-order valence-electron chi connectivity index (χ2n) is 5.05. The predicted molar refractivity (Wildman–Crippen MR) is 82.8 cm³/mol. The standard InChI is InChI=1S/C16H23N3O/c1-12(2)20-15-5-3-13(4-6-15)16-11-19-10-14(16)9-18-8-7-17/h3-6,10-12,18-19H,7-9,17H2,1-2H3. The van der Waals surface area contributed by atoms with Crippen molar-refractivity contribution >= 4 is 0 Å². The zero-order valence-corrected chi connectivity index (χ0v) is 12.1. The maximum Gasteiger partial charge on any atom is 0.119 e. The van der Waals surface area contributed by atoms with Crippen LogP contribution in [0.4, 0.5) is 0 Å². The van der Waals surface area contributed by atoms with Crippen LogP contribution in [0.15, 0.2) is 36.7 Å². The van der Waals surface area contributed by atoms with Crippen molar-refractivity contribution in [2.45, 2.75) is 26.5 Å². The third-order valence-electron chi connectivity index (χ3n) is 3.00. The van der Waals surface area contributed by atoms with Gasteiger partial charge >= 0.3 is 0 Å². The Kier molecular flexibility index (Phi) is 5.21. The quantitative estimate of drug-likeness (QED) is 0.679. The summed E-state index contributed by atoms with van der Waals surface area (Å²) in [4.78, 5) is 3.17. The minimum absolute atomic E-state index is 0.198. The fourth-order valence-electron chi connectivity index (χ4n) is 2.12. The Labute approximate surface area is 120 Å². The van der Waals surface area contributed by atoms with Gasteiger partial charge in [0.15, 0.2) is 0 Å². The van der Waals surface area contributed by atoms with Gasteiger partial charge in [-0.1, -0.05) is 12.1 Å². The molecule has 0 spiro atoms. The van der Waals surface area contributed by atoms with E-state index in [1.54, 1.807) is 0 Å². The van der Waals surface area contributed by atoms with Crippen molar-refractivity contribution in [3.8, 4) is 16.9 Å². The van der Waals surface area contributed by atoms with Crippen LogP contribution < -0.4 is 15.8 Å². The van der Waals surface area contributed by atoms with Crippen LogP contribution in [0.5, 0.6) is 5.75 Å². The Morgan fingerprint density at radius 3 is 2.60 bits per heavy atom. The Bertz CT molecular complexity index is 517. The van der Waals surface area contributed by atoms with Crippen molar-refractivity contribution in [3.63, 3.8) is 0 Å². The third-order valence-corrected chi connectivity index (χ3v) is 3.00. The van der Waals surface area contributed by atoms with Gasteiger partial charge in [-0.05, 0) is 37.1 Å². The molecule has 1 aromatic heterocycles. The highest BCUT2D eigenvalue weighted by atomic mass is 16.5. The van der Waals surface area contributed by atoms with E-state index in [-0.39, 0.29) is 6.10 Å². The summed E-state index contributed by atoms with van der Waals surface area (Å²) >= 11 is 0. The Balaban J connectivity index is 2.09. The molecular weight excluding hydrogens is 250 g/mol. The average Bonchev–Trinajstić information content (AvgIpc) is 2.88. The molecular formula is C16H23N3O. The van der Waals surface area contributed by atoms with E-state index in [1.165, 1.54) is 16.7 Å². The monoisotopic (exact) mass is 273 g/mol. The van der Waals surface area contributed by atoms with Crippen LogP contribution in [0.1, 0.15) is 19.4 Å². The van der Waals surface area contributed by atoms with E-state index in [1.807, 2.05) is 38.4 Å². The highest BCUT2D eigenvalue weighted by Crippen LogP contribution is 2.26. The van der Waals surface area contributed by atoms with Crippen molar-refractivity contribution < 1.29 is 4.74 Å². The molecule has 0 aliphatic rings. The molecule has 20 heavy (non-hydrogen) atoms. The minimum atomic E-state index is 0.198. The van der Waals surface area contributed by atoms with Gasteiger partial charge in [0, 0.05) is 37.6 Å². The van der Waals surface area contributed by atoms with Crippen molar-refractivity contribution in [2.24, 2.45) is 5.73 Å². The Morgan fingerprint density at radius 1 is 1.20 bits per heavy atom. The van der Waals surface area contributed by atoms with Gasteiger partial charge < -0.3 is 20.8 Å². The number of nitrogens with two attached hydrogens (primary N) is 1. The van der Waals surface area contributed by atoms with Crippen molar-refractivity contribution in [3.05, 3.63) is 42.2 Å². The van der Waals surface area contributed by atoms with Gasteiger partial charge in [0.1, 0.15) is 5.75 Å². The number of nitrogens with one attached hydrogen (secondary N) is 2. The molecule has 0 amide bonds. The summed E-state index contributed by atoms with van der Waals surface area (Å²) in [6.07, 6.45) is 4.25. The van der Waals surface area contributed by atoms with Crippen LogP contribution in [0.2, 0.25) is 0 Å². The van der Waals surface area contributed by atoms with Gasteiger partial charge in [-0.3, -0.25) is 0 Å². The lowest BCUT2D eigenvalue weighted by molar-refractivity contribution is 0.242. The maximum atomic E-state index is 5.66. The van der Waals surface area contributed by atoms with E-state index in [2.05, 4.69) is 22.4 Å². The van der Waals surface area contributed by atoms with Gasteiger partial charge in [0.2, 0.25) is 0 Å². The molecule has 4 N–H and O–H groups in total. The smallest absolute Gasteiger partial charge is 0.119 e. The number of ether oxygens (including phenoxy) is 1. The number of hydrogen-bond acceptors (Lipinski definition) is 3. The zero-order chi connectivity index (χ0) is 14.4. The summed E-state index contributed by atoms with van der Waals surface area (Å²) in [5, 5.41) is 3.32. The first kappa shape index (κ1) is 14.6. The topological polar surface area (TPSA) is 63.1 Å². The summed E-state index contributed by atoms with van der Waals surface area (Å²) in [5.74, 6) is 0.905. The molecule has 2 rings (SSSR count). The largest absolute Gasteiger partial charge is 0.491 e. The van der Waals surface area contributed by atoms with Gasteiger partial charge in [-0.25, -0.2) is 0 Å². The second kappa shape index (κ2) is 7.12. The van der Waals surface area contributed by atoms with E-state index >= 15 is 0 Å². The summed E-state index contributed by atoms with van der Waals surface area (Å²) in [6.45, 7) is 6.36. The summed E-state index contributed by atoms with van der Waals surface area (Å²) in [7, 11) is 0. The maximum absolute atomic E-state index is 5.66. The molecule has 0 saturated heterocycles. The Morgan fingerprint density at radius 2 is 1.95 bits per heavy atom. The minimum Gasteiger partial charge on any atom is -0.491 e. The highest BCUT2D eigenvalue weighted by Gasteiger charge is 2.06. The van der Waals surface area contributed by atoms with Gasteiger partial charge in [-0.15, -0.1) is 0 Å². The molecule has 0 aliphatic heterocycles. The fraction of sp³-hybridized carbons (Fsp3) is 0.375. The normalized spacial score (nSPS) is 11.0. The van der Waals surface area contributed by atoms with Crippen molar-refractivity contribution in [1.29, 1.82) is 0 Å². The summed E-state index contributed by atoms with van der Waals surface area (Å²) < 4.78 is 5.66. The first-order valence-electron chi connectivity index (χ1n) is 7.04. The molecule has 2 aromatic rings. The van der Waals surface area contributed by atoms with Crippen LogP contribution in [0, 0.1) is 0 Å². The van der Waals surface area contributed by atoms with E-state index in [4.69, 9.17) is 10.5 Å². The number of rotatable bonds is 7. The number of hydrogen-bond donors (Lipinski definition) is 3. The number of H-pyrrole nitrogens is 1. The van der Waals surface area contributed by atoms with Crippen LogP contribution in [-0.2, 0) is 6.54 Å². The lowest BCUT2D eigenvalue weighted by atomic mass is 10.0. The lowest BCUT2D eigenvalue weighted by Gasteiger charge is -2.10. The summed E-state index contributed by atoms with van der Waals surface area (Å²) in [5.41, 5.74) is 9.14. The van der Waals surface area contributed by atoms with Crippen LogP contribution in [0.3, 0.4) is 0 Å². The molecule has 4 nitrogen and oxygen atoms in total. The number of aromatic amines is 1. The van der Waals surface area contributed by atoms with E-state index < -0.39 is 0 Å². The molecule has 0 unspecified atom stereocenters. The summed E-state index contributed by atoms with van der Waals surface area (Å²) in [6, 6.07) is 8.21. The molecule has 4 heteroatoms. The van der Waals surface area contributed by atoms with Crippen molar-refractivity contribution in [1.82, 2.24) is 10.3 Å². The van der Waals surface area contributed by atoms with Crippen LogP contribution in [-0.4, -0.2) is 24.2 Å². The molecule has 0 aliphatic carbocycles. The molecule has 1 aromatic carbocycles. The van der Waals surface area contributed by atoms with Gasteiger partial charge in [0.05, 0.1) is 6.10 Å². The molecule has 108 valence electrons. The van der Waals surface area contributed by atoms with Gasteiger partial charge in [0.25, 0.3) is 0 Å². The lowest BCUT2D eigenvalue weighted by Crippen LogP contribution is -2.21. The fourth-order valence-corrected chi connectivity index (χ4v) is 2.12. The molecule has 0 fully saturated rings. The van der Waals surface area contributed by atoms with Crippen LogP contribution >= 0.6 is 0 Å². The SMILES string of the molecule is CC(C)Oc1ccc(-c2c[nH]cc2CNCCN)cc1. The zero-order valence-electron chi connectivity index (χ0n) is 12.1. The Hall–Kier alpha value is -1.78. The second-order valence-corrected chi connectivity index (χ2v) is 5.05. The third kappa shape index (κ3) is 3.85.